The van der Waals surface area contributed by atoms with Gasteiger partial charge in [0.1, 0.15) is 5.82 Å². The Morgan fingerprint density at radius 2 is 2.00 bits per heavy atom. The Labute approximate surface area is 186 Å². The molecule has 32 heavy (non-hydrogen) atoms. The SMILES string of the molecule is CCn1c(C(C)NC(=O)c2cccc(S(=O)(=O)N3CCNC(=O)C3)c2)nc2ccccc21. The Bertz CT molecular complexity index is 1280. The Balaban J connectivity index is 1.56. The minimum Gasteiger partial charge on any atom is -0.354 e. The van der Waals surface area contributed by atoms with Crippen molar-refractivity contribution in [1.29, 1.82) is 0 Å². The average molecular weight is 456 g/mol. The maximum Gasteiger partial charge on any atom is 0.251 e. The monoisotopic (exact) mass is 455 g/mol. The van der Waals surface area contributed by atoms with Crippen molar-refractivity contribution in [3.63, 3.8) is 0 Å². The number of nitrogens with one attached hydrogen (secondary N) is 2. The van der Waals surface area contributed by atoms with Crippen molar-refractivity contribution in [2.75, 3.05) is 19.6 Å². The van der Waals surface area contributed by atoms with Gasteiger partial charge in [0.25, 0.3) is 5.91 Å². The number of amides is 2. The standard InChI is InChI=1S/C22H25N5O4S/c1-3-27-19-10-5-4-9-18(19)25-21(27)15(2)24-22(29)16-7-6-8-17(13-16)32(30,31)26-12-11-23-20(28)14-26/h4-10,13,15H,3,11-12,14H2,1-2H3,(H,23,28)(H,24,29). The molecule has 10 heteroatoms. The highest BCUT2D eigenvalue weighted by Gasteiger charge is 2.29. The molecule has 4 rings (SSSR count). The van der Waals surface area contributed by atoms with Crippen LogP contribution in [0.15, 0.2) is 53.4 Å². The Hall–Kier alpha value is -3.24. The maximum atomic E-state index is 12.9. The van der Waals surface area contributed by atoms with E-state index in [2.05, 4.69) is 15.6 Å². The zero-order chi connectivity index (χ0) is 22.9. The fraction of sp³-hybridized carbons (Fsp3) is 0.318. The number of carbonyl (C=O) groups excluding carboxylic acids is 2. The summed E-state index contributed by atoms with van der Waals surface area (Å²) in [7, 11) is -3.88. The van der Waals surface area contributed by atoms with Crippen LogP contribution in [-0.2, 0) is 21.4 Å². The number of rotatable bonds is 6. The second kappa shape index (κ2) is 8.71. The fourth-order valence-electron chi connectivity index (χ4n) is 3.87. The Morgan fingerprint density at radius 3 is 2.75 bits per heavy atom. The van der Waals surface area contributed by atoms with Gasteiger partial charge in [-0.2, -0.15) is 4.31 Å². The second-order valence-electron chi connectivity index (χ2n) is 7.61. The highest BCUT2D eigenvalue weighted by Crippen LogP contribution is 2.22. The third-order valence-corrected chi connectivity index (χ3v) is 7.31. The molecule has 2 aromatic carbocycles. The largest absolute Gasteiger partial charge is 0.354 e. The van der Waals surface area contributed by atoms with Gasteiger partial charge in [-0.05, 0) is 44.2 Å². The maximum absolute atomic E-state index is 12.9. The lowest BCUT2D eigenvalue weighted by molar-refractivity contribution is -0.122. The van der Waals surface area contributed by atoms with E-state index in [1.165, 1.54) is 18.2 Å². The number of aromatic nitrogens is 2. The first-order valence-corrected chi connectivity index (χ1v) is 11.9. The lowest BCUT2D eigenvalue weighted by atomic mass is 10.2. The number of carbonyl (C=O) groups is 2. The molecule has 2 amide bonds. The summed E-state index contributed by atoms with van der Waals surface area (Å²) >= 11 is 0. The quantitative estimate of drug-likeness (QED) is 0.587. The van der Waals surface area contributed by atoms with E-state index in [1.807, 2.05) is 42.7 Å². The van der Waals surface area contributed by atoms with Crippen LogP contribution in [-0.4, -0.2) is 53.7 Å². The molecule has 0 bridgehead atoms. The van der Waals surface area contributed by atoms with Crippen molar-refractivity contribution in [3.8, 4) is 0 Å². The van der Waals surface area contributed by atoms with E-state index in [0.717, 1.165) is 21.2 Å². The van der Waals surface area contributed by atoms with Crippen LogP contribution in [0.2, 0.25) is 0 Å². The van der Waals surface area contributed by atoms with E-state index in [0.29, 0.717) is 6.54 Å². The van der Waals surface area contributed by atoms with Gasteiger partial charge in [0.2, 0.25) is 15.9 Å². The highest BCUT2D eigenvalue weighted by molar-refractivity contribution is 7.89. The molecule has 1 saturated heterocycles. The molecule has 1 fully saturated rings. The number of aryl methyl sites for hydroxylation is 1. The van der Waals surface area contributed by atoms with Crippen molar-refractivity contribution >= 4 is 32.9 Å². The minimum absolute atomic E-state index is 0.0201. The van der Waals surface area contributed by atoms with Gasteiger partial charge in [-0.3, -0.25) is 9.59 Å². The summed E-state index contributed by atoms with van der Waals surface area (Å²) in [5.74, 6) is -0.0211. The van der Waals surface area contributed by atoms with Gasteiger partial charge in [0.15, 0.2) is 0 Å². The molecular formula is C22H25N5O4S. The molecule has 1 atom stereocenters. The predicted molar refractivity (Wildman–Crippen MR) is 119 cm³/mol. The number of imidazole rings is 1. The number of nitrogens with zero attached hydrogens (tertiary/aromatic N) is 3. The molecule has 1 aliphatic rings. The first kappa shape index (κ1) is 22.0. The number of fused-ring (bicyclic) bond motifs is 1. The molecule has 0 radical (unpaired) electrons. The van der Waals surface area contributed by atoms with Crippen LogP contribution in [0.4, 0.5) is 0 Å². The normalized spacial score (nSPS) is 16.0. The number of hydrogen-bond acceptors (Lipinski definition) is 5. The number of sulfonamides is 1. The van der Waals surface area contributed by atoms with Gasteiger partial charge in [-0.1, -0.05) is 18.2 Å². The van der Waals surface area contributed by atoms with Crippen LogP contribution in [0.3, 0.4) is 0 Å². The van der Waals surface area contributed by atoms with Crippen LogP contribution < -0.4 is 10.6 Å². The van der Waals surface area contributed by atoms with E-state index in [4.69, 9.17) is 0 Å². The lowest BCUT2D eigenvalue weighted by Gasteiger charge is -2.26. The van der Waals surface area contributed by atoms with Gasteiger partial charge < -0.3 is 15.2 Å². The first-order chi connectivity index (χ1) is 15.3. The van der Waals surface area contributed by atoms with Crippen molar-refractivity contribution in [2.24, 2.45) is 0 Å². The van der Waals surface area contributed by atoms with Crippen LogP contribution >= 0.6 is 0 Å². The van der Waals surface area contributed by atoms with E-state index in [1.54, 1.807) is 6.07 Å². The Morgan fingerprint density at radius 1 is 1.22 bits per heavy atom. The van der Waals surface area contributed by atoms with Gasteiger partial charge in [-0.15, -0.1) is 0 Å². The summed E-state index contributed by atoms with van der Waals surface area (Å²) < 4.78 is 29.0. The van der Waals surface area contributed by atoms with Crippen LogP contribution in [0.25, 0.3) is 11.0 Å². The topological polar surface area (TPSA) is 113 Å². The first-order valence-electron chi connectivity index (χ1n) is 10.4. The fourth-order valence-corrected chi connectivity index (χ4v) is 5.31. The van der Waals surface area contributed by atoms with E-state index >= 15 is 0 Å². The van der Waals surface area contributed by atoms with E-state index in [9.17, 15) is 18.0 Å². The predicted octanol–water partition coefficient (Wildman–Crippen LogP) is 1.67. The number of benzene rings is 2. The van der Waals surface area contributed by atoms with Gasteiger partial charge in [-0.25, -0.2) is 13.4 Å². The zero-order valence-electron chi connectivity index (χ0n) is 17.9. The second-order valence-corrected chi connectivity index (χ2v) is 9.55. The van der Waals surface area contributed by atoms with Gasteiger partial charge >= 0.3 is 0 Å². The van der Waals surface area contributed by atoms with Crippen LogP contribution in [0.1, 0.15) is 36.1 Å². The van der Waals surface area contributed by atoms with E-state index < -0.39 is 15.9 Å². The number of piperazine rings is 1. The summed E-state index contributed by atoms with van der Waals surface area (Å²) in [6, 6.07) is 13.2. The van der Waals surface area contributed by atoms with Crippen molar-refractivity contribution in [3.05, 3.63) is 59.9 Å². The molecule has 1 aliphatic heterocycles. The zero-order valence-corrected chi connectivity index (χ0v) is 18.7. The average Bonchev–Trinajstić information content (AvgIpc) is 3.18. The van der Waals surface area contributed by atoms with Gasteiger partial charge in [0, 0.05) is 25.2 Å². The van der Waals surface area contributed by atoms with Crippen molar-refractivity contribution in [1.82, 2.24) is 24.5 Å². The third kappa shape index (κ3) is 4.11. The Kier molecular flexibility index (Phi) is 5.98. The molecular weight excluding hydrogens is 430 g/mol. The number of para-hydroxylation sites is 2. The van der Waals surface area contributed by atoms with Crippen molar-refractivity contribution < 1.29 is 18.0 Å². The number of hydrogen-bond donors (Lipinski definition) is 2. The molecule has 0 spiro atoms. The molecule has 1 unspecified atom stereocenters. The summed E-state index contributed by atoms with van der Waals surface area (Å²) in [5, 5.41) is 5.52. The van der Waals surface area contributed by atoms with Crippen molar-refractivity contribution in [2.45, 2.75) is 31.3 Å². The molecule has 0 aliphatic carbocycles. The molecule has 1 aromatic heterocycles. The summed E-state index contributed by atoms with van der Waals surface area (Å²) in [6.07, 6.45) is 0. The molecule has 2 N–H and O–H groups in total. The molecule has 3 aromatic rings. The third-order valence-electron chi connectivity index (χ3n) is 5.47. The lowest BCUT2D eigenvalue weighted by Crippen LogP contribution is -2.49. The molecule has 168 valence electrons. The summed E-state index contributed by atoms with van der Waals surface area (Å²) in [5.41, 5.74) is 2.06. The summed E-state index contributed by atoms with van der Waals surface area (Å²) in [6.45, 7) is 4.78. The van der Waals surface area contributed by atoms with E-state index in [-0.39, 0.29) is 42.0 Å². The molecule has 9 nitrogen and oxygen atoms in total. The minimum atomic E-state index is -3.88. The van der Waals surface area contributed by atoms with Crippen LogP contribution in [0.5, 0.6) is 0 Å². The van der Waals surface area contributed by atoms with Crippen LogP contribution in [0, 0.1) is 0 Å². The molecule has 0 saturated carbocycles. The molecule has 2 heterocycles. The highest BCUT2D eigenvalue weighted by atomic mass is 32.2. The van der Waals surface area contributed by atoms with Gasteiger partial charge in [0.05, 0.1) is 28.5 Å². The summed E-state index contributed by atoms with van der Waals surface area (Å²) in [4.78, 5) is 29.2. The smallest absolute Gasteiger partial charge is 0.251 e.